The number of benzene rings is 1. The van der Waals surface area contributed by atoms with Crippen molar-refractivity contribution >= 4 is 23.2 Å². The van der Waals surface area contributed by atoms with Crippen molar-refractivity contribution < 1.29 is 23.9 Å². The van der Waals surface area contributed by atoms with E-state index in [1.807, 2.05) is 12.1 Å². The highest BCUT2D eigenvalue weighted by atomic mass is 16.5. The maximum absolute atomic E-state index is 11.9. The number of Topliss-reactive ketones (excluding diaryl/α,β-unsaturated/α-hetero) is 2. The highest BCUT2D eigenvalue weighted by Crippen LogP contribution is 2.17. The van der Waals surface area contributed by atoms with Crippen LogP contribution in [0.4, 0.5) is 5.69 Å². The molecule has 1 aromatic carbocycles. The quantitative estimate of drug-likeness (QED) is 0.346. The van der Waals surface area contributed by atoms with Crippen LogP contribution in [0.15, 0.2) is 24.3 Å². The molecular weight excluding hydrogens is 274 g/mol. The Morgan fingerprint density at radius 2 is 1.76 bits per heavy atom. The normalized spacial score (nSPS) is 14.6. The number of anilines is 1. The molecule has 0 unspecified atom stereocenters. The molecule has 0 atom stereocenters. The van der Waals surface area contributed by atoms with E-state index >= 15 is 0 Å². The third kappa shape index (κ3) is 3.88. The number of ether oxygens (including phenoxy) is 2. The van der Waals surface area contributed by atoms with Crippen LogP contribution in [0.1, 0.15) is 16.8 Å². The van der Waals surface area contributed by atoms with Crippen molar-refractivity contribution in [2.45, 2.75) is 6.42 Å². The monoisotopic (exact) mass is 291 g/mol. The SMILES string of the molecule is COC(=O)C(=O)CC(=O)c1ccc(N2CCOCC2)cc1. The maximum atomic E-state index is 11.9. The molecule has 6 heteroatoms. The fourth-order valence-corrected chi connectivity index (χ4v) is 2.11. The smallest absolute Gasteiger partial charge is 0.374 e. The van der Waals surface area contributed by atoms with Crippen LogP contribution in [0.25, 0.3) is 0 Å². The zero-order valence-electron chi connectivity index (χ0n) is 11.8. The van der Waals surface area contributed by atoms with E-state index in [2.05, 4.69) is 9.64 Å². The van der Waals surface area contributed by atoms with Crippen LogP contribution in [-0.4, -0.2) is 50.9 Å². The highest BCUT2D eigenvalue weighted by Gasteiger charge is 2.19. The van der Waals surface area contributed by atoms with Gasteiger partial charge in [0, 0.05) is 24.3 Å². The van der Waals surface area contributed by atoms with Crippen LogP contribution >= 0.6 is 0 Å². The van der Waals surface area contributed by atoms with Crippen LogP contribution in [0.2, 0.25) is 0 Å². The number of ketones is 2. The van der Waals surface area contributed by atoms with Gasteiger partial charge in [-0.2, -0.15) is 0 Å². The summed E-state index contributed by atoms with van der Waals surface area (Å²) in [5.74, 6) is -2.22. The summed E-state index contributed by atoms with van der Waals surface area (Å²) in [6, 6.07) is 7.00. The second kappa shape index (κ2) is 6.99. The summed E-state index contributed by atoms with van der Waals surface area (Å²) in [4.78, 5) is 36.4. The van der Waals surface area contributed by atoms with E-state index in [1.165, 1.54) is 0 Å². The van der Waals surface area contributed by atoms with Gasteiger partial charge in [-0.3, -0.25) is 9.59 Å². The summed E-state index contributed by atoms with van der Waals surface area (Å²) < 4.78 is 9.57. The van der Waals surface area contributed by atoms with E-state index in [0.29, 0.717) is 18.8 Å². The Hall–Kier alpha value is -2.21. The lowest BCUT2D eigenvalue weighted by molar-refractivity contribution is -0.151. The Kier molecular flexibility index (Phi) is 5.05. The first-order valence-electron chi connectivity index (χ1n) is 6.69. The standard InChI is InChI=1S/C15H17NO5/c1-20-15(19)14(18)10-13(17)11-2-4-12(5-3-11)16-6-8-21-9-7-16/h2-5H,6-10H2,1H3. The molecule has 0 saturated carbocycles. The number of methoxy groups -OCH3 is 1. The summed E-state index contributed by atoms with van der Waals surface area (Å²) >= 11 is 0. The van der Waals surface area contributed by atoms with Gasteiger partial charge in [-0.05, 0) is 24.3 Å². The van der Waals surface area contributed by atoms with Crippen LogP contribution in [-0.2, 0) is 19.1 Å². The molecule has 1 heterocycles. The third-order valence-corrected chi connectivity index (χ3v) is 3.30. The molecule has 2 rings (SSSR count). The lowest BCUT2D eigenvalue weighted by atomic mass is 10.1. The van der Waals surface area contributed by atoms with Crippen LogP contribution < -0.4 is 4.90 Å². The summed E-state index contributed by atoms with van der Waals surface area (Å²) in [6.07, 6.45) is -0.469. The largest absolute Gasteiger partial charge is 0.463 e. The number of rotatable bonds is 5. The predicted molar refractivity (Wildman–Crippen MR) is 75.4 cm³/mol. The van der Waals surface area contributed by atoms with E-state index in [-0.39, 0.29) is 5.78 Å². The number of morpholine rings is 1. The van der Waals surface area contributed by atoms with E-state index in [1.54, 1.807) is 12.1 Å². The number of carbonyl (C=O) groups is 3. The zero-order valence-corrected chi connectivity index (χ0v) is 11.8. The molecule has 0 amide bonds. The van der Waals surface area contributed by atoms with Crippen molar-refractivity contribution in [3.05, 3.63) is 29.8 Å². The fourth-order valence-electron chi connectivity index (χ4n) is 2.11. The minimum atomic E-state index is -0.992. The summed E-state index contributed by atoms with van der Waals surface area (Å²) in [7, 11) is 1.11. The van der Waals surface area contributed by atoms with Gasteiger partial charge < -0.3 is 14.4 Å². The van der Waals surface area contributed by atoms with Crippen LogP contribution in [0, 0.1) is 0 Å². The number of esters is 1. The zero-order chi connectivity index (χ0) is 15.2. The molecule has 1 fully saturated rings. The first-order valence-corrected chi connectivity index (χ1v) is 6.69. The second-order valence-electron chi connectivity index (χ2n) is 4.66. The average molecular weight is 291 g/mol. The van der Waals surface area contributed by atoms with Crippen molar-refractivity contribution in [1.82, 2.24) is 0 Å². The Bertz CT molecular complexity index is 531. The van der Waals surface area contributed by atoms with Gasteiger partial charge in [-0.15, -0.1) is 0 Å². The van der Waals surface area contributed by atoms with Crippen molar-refractivity contribution in [3.63, 3.8) is 0 Å². The Labute approximate surface area is 122 Å². The molecule has 1 aliphatic rings. The maximum Gasteiger partial charge on any atom is 0.374 e. The molecule has 112 valence electrons. The number of hydrogen-bond acceptors (Lipinski definition) is 6. The van der Waals surface area contributed by atoms with Gasteiger partial charge in [0.05, 0.1) is 26.7 Å². The Morgan fingerprint density at radius 1 is 1.14 bits per heavy atom. The minimum absolute atomic E-state index is 0.390. The lowest BCUT2D eigenvalue weighted by Gasteiger charge is -2.28. The summed E-state index contributed by atoms with van der Waals surface area (Å²) in [5.41, 5.74) is 1.42. The molecule has 0 aliphatic carbocycles. The summed E-state index contributed by atoms with van der Waals surface area (Å²) in [6.45, 7) is 3.00. The van der Waals surface area contributed by atoms with E-state index < -0.39 is 18.2 Å². The van der Waals surface area contributed by atoms with Gasteiger partial charge in [0.25, 0.3) is 0 Å². The van der Waals surface area contributed by atoms with Crippen molar-refractivity contribution in [3.8, 4) is 0 Å². The lowest BCUT2D eigenvalue weighted by Crippen LogP contribution is -2.36. The first kappa shape index (κ1) is 15.2. The second-order valence-corrected chi connectivity index (χ2v) is 4.66. The van der Waals surface area contributed by atoms with E-state index in [9.17, 15) is 14.4 Å². The molecule has 0 N–H and O–H groups in total. The Morgan fingerprint density at radius 3 is 2.33 bits per heavy atom. The molecule has 1 aromatic rings. The number of nitrogens with zero attached hydrogens (tertiary/aromatic N) is 1. The summed E-state index contributed by atoms with van der Waals surface area (Å²) in [5, 5.41) is 0. The average Bonchev–Trinajstić information content (AvgIpc) is 2.55. The molecule has 0 radical (unpaired) electrons. The first-order chi connectivity index (χ1) is 10.1. The van der Waals surface area contributed by atoms with Crippen molar-refractivity contribution in [1.29, 1.82) is 0 Å². The van der Waals surface area contributed by atoms with Crippen LogP contribution in [0.3, 0.4) is 0 Å². The van der Waals surface area contributed by atoms with Gasteiger partial charge in [-0.1, -0.05) is 0 Å². The molecule has 1 aliphatic heterocycles. The van der Waals surface area contributed by atoms with E-state index in [0.717, 1.165) is 25.9 Å². The topological polar surface area (TPSA) is 72.9 Å². The fraction of sp³-hybridized carbons (Fsp3) is 0.400. The van der Waals surface area contributed by atoms with Crippen LogP contribution in [0.5, 0.6) is 0 Å². The highest BCUT2D eigenvalue weighted by molar-refractivity contribution is 6.38. The molecular formula is C15H17NO5. The Balaban J connectivity index is 1.99. The van der Waals surface area contributed by atoms with Gasteiger partial charge in [0.15, 0.2) is 5.78 Å². The molecule has 0 bridgehead atoms. The molecule has 1 saturated heterocycles. The van der Waals surface area contributed by atoms with Crippen molar-refractivity contribution in [2.24, 2.45) is 0 Å². The van der Waals surface area contributed by atoms with Gasteiger partial charge in [-0.25, -0.2) is 4.79 Å². The van der Waals surface area contributed by atoms with Crippen molar-refractivity contribution in [2.75, 3.05) is 38.3 Å². The molecule has 0 spiro atoms. The minimum Gasteiger partial charge on any atom is -0.463 e. The molecule has 6 nitrogen and oxygen atoms in total. The molecule has 21 heavy (non-hydrogen) atoms. The number of carbonyl (C=O) groups excluding carboxylic acids is 3. The predicted octanol–water partition coefficient (Wildman–Crippen LogP) is 0.838. The third-order valence-electron chi connectivity index (χ3n) is 3.30. The van der Waals surface area contributed by atoms with E-state index in [4.69, 9.17) is 4.74 Å². The van der Waals surface area contributed by atoms with Gasteiger partial charge in [0.2, 0.25) is 5.78 Å². The molecule has 0 aromatic heterocycles. The van der Waals surface area contributed by atoms with Gasteiger partial charge >= 0.3 is 5.97 Å². The number of hydrogen-bond donors (Lipinski definition) is 0. The van der Waals surface area contributed by atoms with Gasteiger partial charge in [0.1, 0.15) is 0 Å².